The van der Waals surface area contributed by atoms with Crippen molar-refractivity contribution in [2.24, 2.45) is 0 Å². The topological polar surface area (TPSA) is 35.6 Å². The van der Waals surface area contributed by atoms with Crippen LogP contribution in [0.25, 0.3) is 0 Å². The van der Waals surface area contributed by atoms with Crippen molar-refractivity contribution in [3.63, 3.8) is 0 Å². The summed E-state index contributed by atoms with van der Waals surface area (Å²) in [6.45, 7) is 4.63. The van der Waals surface area contributed by atoms with E-state index in [4.69, 9.17) is 0 Å². The van der Waals surface area contributed by atoms with Crippen LogP contribution in [-0.2, 0) is 0 Å². The molecule has 22 heavy (non-hydrogen) atoms. The van der Waals surface area contributed by atoms with Crippen LogP contribution in [0.15, 0.2) is 60.7 Å². The SMILES string of the molecule is CCN(c1ccccc1)C1CN(C(=O)Nc2ccccc2)C1. The Morgan fingerprint density at radius 1 is 1.09 bits per heavy atom. The molecule has 1 heterocycles. The summed E-state index contributed by atoms with van der Waals surface area (Å²) in [4.78, 5) is 16.4. The van der Waals surface area contributed by atoms with E-state index in [-0.39, 0.29) is 6.03 Å². The van der Waals surface area contributed by atoms with E-state index in [0.29, 0.717) is 6.04 Å². The summed E-state index contributed by atoms with van der Waals surface area (Å²) in [7, 11) is 0. The van der Waals surface area contributed by atoms with E-state index in [2.05, 4.69) is 41.4 Å². The Balaban J connectivity index is 1.56. The Labute approximate surface area is 131 Å². The fraction of sp³-hybridized carbons (Fsp3) is 0.278. The van der Waals surface area contributed by atoms with Gasteiger partial charge in [0.2, 0.25) is 0 Å². The number of anilines is 2. The number of nitrogens with one attached hydrogen (secondary N) is 1. The van der Waals surface area contributed by atoms with E-state index in [1.165, 1.54) is 5.69 Å². The minimum Gasteiger partial charge on any atom is -0.365 e. The first-order valence-corrected chi connectivity index (χ1v) is 7.70. The van der Waals surface area contributed by atoms with E-state index >= 15 is 0 Å². The first-order chi connectivity index (χ1) is 10.8. The van der Waals surface area contributed by atoms with Crippen molar-refractivity contribution in [1.29, 1.82) is 0 Å². The van der Waals surface area contributed by atoms with Gasteiger partial charge in [-0.3, -0.25) is 0 Å². The molecule has 1 saturated heterocycles. The van der Waals surface area contributed by atoms with Crippen molar-refractivity contribution in [3.05, 3.63) is 60.7 Å². The maximum atomic E-state index is 12.2. The molecule has 1 aliphatic heterocycles. The van der Waals surface area contributed by atoms with Gasteiger partial charge in [0.05, 0.1) is 6.04 Å². The lowest BCUT2D eigenvalue weighted by Gasteiger charge is -2.46. The molecule has 2 amide bonds. The first-order valence-electron chi connectivity index (χ1n) is 7.70. The molecule has 0 aliphatic carbocycles. The average molecular weight is 295 g/mol. The normalized spacial score (nSPS) is 14.3. The molecule has 4 heteroatoms. The van der Waals surface area contributed by atoms with Gasteiger partial charge in [-0.15, -0.1) is 0 Å². The van der Waals surface area contributed by atoms with E-state index in [1.807, 2.05) is 41.3 Å². The van der Waals surface area contributed by atoms with Crippen LogP contribution in [0.2, 0.25) is 0 Å². The molecule has 2 aromatic carbocycles. The highest BCUT2D eigenvalue weighted by atomic mass is 16.2. The number of likely N-dealkylation sites (tertiary alicyclic amines) is 1. The third-order valence-electron chi connectivity index (χ3n) is 4.04. The van der Waals surface area contributed by atoms with Gasteiger partial charge in [-0.05, 0) is 31.2 Å². The number of carbonyl (C=O) groups is 1. The van der Waals surface area contributed by atoms with Crippen LogP contribution < -0.4 is 10.2 Å². The second-order valence-corrected chi connectivity index (χ2v) is 5.48. The largest absolute Gasteiger partial charge is 0.365 e. The molecule has 0 spiro atoms. The van der Waals surface area contributed by atoms with Gasteiger partial charge in [-0.2, -0.15) is 0 Å². The molecular weight excluding hydrogens is 274 g/mol. The fourth-order valence-corrected chi connectivity index (χ4v) is 2.81. The predicted molar refractivity (Wildman–Crippen MR) is 90.3 cm³/mol. The van der Waals surface area contributed by atoms with Crippen molar-refractivity contribution in [2.75, 3.05) is 29.9 Å². The number of hydrogen-bond donors (Lipinski definition) is 1. The summed E-state index contributed by atoms with van der Waals surface area (Å²) < 4.78 is 0. The molecule has 0 saturated carbocycles. The second kappa shape index (κ2) is 6.52. The van der Waals surface area contributed by atoms with Gasteiger partial charge >= 0.3 is 6.03 Å². The Morgan fingerprint density at radius 2 is 1.68 bits per heavy atom. The maximum absolute atomic E-state index is 12.2. The zero-order chi connectivity index (χ0) is 15.4. The van der Waals surface area contributed by atoms with Crippen LogP contribution in [0.3, 0.4) is 0 Å². The summed E-state index contributed by atoms with van der Waals surface area (Å²) in [6, 6.07) is 20.3. The monoisotopic (exact) mass is 295 g/mol. The number of benzene rings is 2. The first kappa shape index (κ1) is 14.4. The molecule has 1 aliphatic rings. The molecule has 3 rings (SSSR count). The van der Waals surface area contributed by atoms with E-state index in [0.717, 1.165) is 25.3 Å². The lowest BCUT2D eigenvalue weighted by molar-refractivity contribution is 0.161. The van der Waals surface area contributed by atoms with E-state index < -0.39 is 0 Å². The minimum absolute atomic E-state index is 0.0217. The summed E-state index contributed by atoms with van der Waals surface area (Å²) in [5.74, 6) is 0. The van der Waals surface area contributed by atoms with Gasteiger partial charge in [-0.1, -0.05) is 36.4 Å². The van der Waals surface area contributed by atoms with Crippen LogP contribution in [-0.4, -0.2) is 36.6 Å². The Bertz CT molecular complexity index is 609. The van der Waals surface area contributed by atoms with Crippen molar-refractivity contribution < 1.29 is 4.79 Å². The molecule has 1 N–H and O–H groups in total. The highest BCUT2D eigenvalue weighted by molar-refractivity contribution is 5.90. The molecule has 0 bridgehead atoms. The van der Waals surface area contributed by atoms with Crippen LogP contribution in [0.4, 0.5) is 16.2 Å². The van der Waals surface area contributed by atoms with Crippen LogP contribution >= 0.6 is 0 Å². The molecule has 0 atom stereocenters. The van der Waals surface area contributed by atoms with Gasteiger partial charge in [0.15, 0.2) is 0 Å². The van der Waals surface area contributed by atoms with Crippen molar-refractivity contribution in [3.8, 4) is 0 Å². The summed E-state index contributed by atoms with van der Waals surface area (Å²) >= 11 is 0. The maximum Gasteiger partial charge on any atom is 0.321 e. The van der Waals surface area contributed by atoms with Crippen LogP contribution in [0.1, 0.15) is 6.92 Å². The van der Waals surface area contributed by atoms with Gasteiger partial charge in [0.1, 0.15) is 0 Å². The molecule has 0 radical (unpaired) electrons. The Hall–Kier alpha value is -2.49. The van der Waals surface area contributed by atoms with E-state index in [9.17, 15) is 4.79 Å². The molecule has 2 aromatic rings. The number of para-hydroxylation sites is 2. The minimum atomic E-state index is -0.0217. The zero-order valence-electron chi connectivity index (χ0n) is 12.8. The average Bonchev–Trinajstić information content (AvgIpc) is 2.52. The number of likely N-dealkylation sites (N-methyl/N-ethyl adjacent to an activating group) is 1. The van der Waals surface area contributed by atoms with Crippen LogP contribution in [0, 0.1) is 0 Å². The lowest BCUT2D eigenvalue weighted by Crippen LogP contribution is -2.62. The van der Waals surface area contributed by atoms with Gasteiger partial charge in [-0.25, -0.2) is 4.79 Å². The third-order valence-corrected chi connectivity index (χ3v) is 4.04. The van der Waals surface area contributed by atoms with Crippen LogP contribution in [0.5, 0.6) is 0 Å². The van der Waals surface area contributed by atoms with Crippen molar-refractivity contribution in [2.45, 2.75) is 13.0 Å². The number of amides is 2. The summed E-state index contributed by atoms with van der Waals surface area (Å²) in [5.41, 5.74) is 2.06. The predicted octanol–water partition coefficient (Wildman–Crippen LogP) is 3.43. The third kappa shape index (κ3) is 3.06. The van der Waals surface area contributed by atoms with Crippen molar-refractivity contribution in [1.82, 2.24) is 4.90 Å². The summed E-state index contributed by atoms with van der Waals surface area (Å²) in [6.07, 6.45) is 0. The Morgan fingerprint density at radius 3 is 2.27 bits per heavy atom. The van der Waals surface area contributed by atoms with E-state index in [1.54, 1.807) is 0 Å². The summed E-state index contributed by atoms with van der Waals surface area (Å²) in [5, 5.41) is 2.93. The number of carbonyl (C=O) groups excluding carboxylic acids is 1. The highest BCUT2D eigenvalue weighted by Crippen LogP contribution is 2.23. The quantitative estimate of drug-likeness (QED) is 0.938. The molecular formula is C18H21N3O. The Kier molecular flexibility index (Phi) is 4.28. The van der Waals surface area contributed by atoms with Gasteiger partial charge in [0, 0.05) is 31.0 Å². The molecule has 0 aromatic heterocycles. The van der Waals surface area contributed by atoms with Crippen molar-refractivity contribution >= 4 is 17.4 Å². The van der Waals surface area contributed by atoms with Gasteiger partial charge in [0.25, 0.3) is 0 Å². The second-order valence-electron chi connectivity index (χ2n) is 5.48. The zero-order valence-corrected chi connectivity index (χ0v) is 12.8. The molecule has 1 fully saturated rings. The number of urea groups is 1. The number of nitrogens with zero attached hydrogens (tertiary/aromatic N) is 2. The fourth-order valence-electron chi connectivity index (χ4n) is 2.81. The highest BCUT2D eigenvalue weighted by Gasteiger charge is 2.34. The molecule has 0 unspecified atom stereocenters. The number of rotatable bonds is 4. The number of hydrogen-bond acceptors (Lipinski definition) is 2. The lowest BCUT2D eigenvalue weighted by atomic mass is 10.1. The standard InChI is InChI=1S/C18H21N3O/c1-2-21(16-11-7-4-8-12-16)17-13-20(14-17)18(22)19-15-9-5-3-6-10-15/h3-12,17H,2,13-14H2,1H3,(H,19,22). The van der Waals surface area contributed by atoms with Gasteiger partial charge < -0.3 is 15.1 Å². The smallest absolute Gasteiger partial charge is 0.321 e. The molecule has 4 nitrogen and oxygen atoms in total. The molecule has 114 valence electrons.